The number of hydrogen-bond donors (Lipinski definition) is 2. The molecule has 0 aliphatic rings. The topological polar surface area (TPSA) is 58.2 Å². The van der Waals surface area contributed by atoms with E-state index in [9.17, 15) is 9.59 Å². The average molecular weight is 256 g/mol. The quantitative estimate of drug-likeness (QED) is 0.556. The Hall–Kier alpha value is -0.900. The highest BCUT2D eigenvalue weighted by atomic mass is 16.2. The van der Waals surface area contributed by atoms with Crippen LogP contribution in [0.1, 0.15) is 59.3 Å². The summed E-state index contributed by atoms with van der Waals surface area (Å²) < 4.78 is 0. The Morgan fingerprint density at radius 1 is 1.06 bits per heavy atom. The summed E-state index contributed by atoms with van der Waals surface area (Å²) in [5.41, 5.74) is 0. The van der Waals surface area contributed by atoms with Crippen LogP contribution in [0.2, 0.25) is 0 Å². The Bertz CT molecular complexity index is 242. The maximum atomic E-state index is 11.6. The lowest BCUT2D eigenvalue weighted by molar-refractivity contribution is -0.126. The van der Waals surface area contributed by atoms with Gasteiger partial charge in [0.2, 0.25) is 5.91 Å². The lowest BCUT2D eigenvalue weighted by Gasteiger charge is -2.14. The van der Waals surface area contributed by atoms with Crippen LogP contribution >= 0.6 is 0 Å². The summed E-state index contributed by atoms with van der Waals surface area (Å²) in [6.07, 6.45) is 6.17. The van der Waals surface area contributed by atoms with E-state index in [1.165, 1.54) is 26.2 Å². The molecule has 2 N–H and O–H groups in total. The van der Waals surface area contributed by atoms with Gasteiger partial charge < -0.3 is 10.6 Å². The van der Waals surface area contributed by atoms with Crippen LogP contribution in [0.4, 0.5) is 0 Å². The summed E-state index contributed by atoms with van der Waals surface area (Å²) in [6, 6.07) is -0.338. The number of nitrogens with one attached hydrogen (secondary N) is 2. The molecule has 106 valence electrons. The summed E-state index contributed by atoms with van der Waals surface area (Å²) in [6.45, 7) is 7.06. The molecule has 0 saturated heterocycles. The molecule has 18 heavy (non-hydrogen) atoms. The number of carbonyl (C=O) groups excluding carboxylic acids is 2. The van der Waals surface area contributed by atoms with Gasteiger partial charge in [0, 0.05) is 13.0 Å². The van der Waals surface area contributed by atoms with Gasteiger partial charge in [-0.2, -0.15) is 0 Å². The standard InChI is InChI=1S/C14H28N2O2/c1-4-6-7-8-9-10-16-14(18)11-13(12(3)17)15-5-2/h13,15H,4-11H2,1-3H3,(H,16,18)/t13-/m0/s1. The predicted molar refractivity (Wildman–Crippen MR) is 74.5 cm³/mol. The highest BCUT2D eigenvalue weighted by Crippen LogP contribution is 2.01. The Morgan fingerprint density at radius 3 is 2.28 bits per heavy atom. The predicted octanol–water partition coefficient (Wildman–Crippen LogP) is 2.03. The number of amides is 1. The molecule has 1 amide bonds. The Morgan fingerprint density at radius 2 is 1.72 bits per heavy atom. The zero-order chi connectivity index (χ0) is 13.8. The van der Waals surface area contributed by atoms with Gasteiger partial charge in [0.05, 0.1) is 6.04 Å². The van der Waals surface area contributed by atoms with Crippen molar-refractivity contribution in [2.24, 2.45) is 0 Å². The van der Waals surface area contributed by atoms with Crippen molar-refractivity contribution in [2.75, 3.05) is 13.1 Å². The zero-order valence-electron chi connectivity index (χ0n) is 12.1. The van der Waals surface area contributed by atoms with Gasteiger partial charge in [-0.15, -0.1) is 0 Å². The fourth-order valence-electron chi connectivity index (χ4n) is 1.82. The van der Waals surface area contributed by atoms with E-state index in [4.69, 9.17) is 0 Å². The van der Waals surface area contributed by atoms with Crippen molar-refractivity contribution in [3.8, 4) is 0 Å². The first-order valence-electron chi connectivity index (χ1n) is 7.12. The molecule has 0 bridgehead atoms. The Labute approximate surface area is 111 Å². The van der Waals surface area contributed by atoms with Gasteiger partial charge in [-0.25, -0.2) is 0 Å². The van der Waals surface area contributed by atoms with Crippen LogP contribution in [0.5, 0.6) is 0 Å². The second-order valence-electron chi connectivity index (χ2n) is 4.69. The van der Waals surface area contributed by atoms with E-state index in [0.29, 0.717) is 6.54 Å². The lowest BCUT2D eigenvalue weighted by atomic mass is 10.1. The van der Waals surface area contributed by atoms with Crippen molar-refractivity contribution in [3.63, 3.8) is 0 Å². The van der Waals surface area contributed by atoms with Crippen molar-refractivity contribution in [1.29, 1.82) is 0 Å². The van der Waals surface area contributed by atoms with Gasteiger partial charge in [0.15, 0.2) is 0 Å². The fraction of sp³-hybridized carbons (Fsp3) is 0.857. The maximum Gasteiger partial charge on any atom is 0.222 e. The third-order valence-electron chi connectivity index (χ3n) is 2.93. The largest absolute Gasteiger partial charge is 0.356 e. The first kappa shape index (κ1) is 17.1. The minimum absolute atomic E-state index is 0.0231. The van der Waals surface area contributed by atoms with Gasteiger partial charge in [-0.3, -0.25) is 9.59 Å². The first-order chi connectivity index (χ1) is 8.61. The third-order valence-corrected chi connectivity index (χ3v) is 2.93. The number of likely N-dealkylation sites (N-methyl/N-ethyl adjacent to an activating group) is 1. The first-order valence-corrected chi connectivity index (χ1v) is 7.12. The molecule has 0 aliphatic carbocycles. The van der Waals surface area contributed by atoms with E-state index >= 15 is 0 Å². The Kier molecular flexibility index (Phi) is 10.6. The van der Waals surface area contributed by atoms with E-state index < -0.39 is 0 Å². The molecule has 0 aromatic rings. The molecular weight excluding hydrogens is 228 g/mol. The lowest BCUT2D eigenvalue weighted by Crippen LogP contribution is -2.40. The van der Waals surface area contributed by atoms with Gasteiger partial charge in [0.25, 0.3) is 0 Å². The van der Waals surface area contributed by atoms with Crippen LogP contribution < -0.4 is 10.6 Å². The molecule has 0 aromatic carbocycles. The molecule has 0 fully saturated rings. The van der Waals surface area contributed by atoms with Crippen LogP contribution in [-0.2, 0) is 9.59 Å². The molecular formula is C14H28N2O2. The summed E-state index contributed by atoms with van der Waals surface area (Å²) in [5, 5.41) is 5.89. The molecule has 0 unspecified atom stereocenters. The highest BCUT2D eigenvalue weighted by molar-refractivity contribution is 5.88. The smallest absolute Gasteiger partial charge is 0.222 e. The second kappa shape index (κ2) is 11.2. The summed E-state index contributed by atoms with van der Waals surface area (Å²) >= 11 is 0. The van der Waals surface area contributed by atoms with Crippen molar-refractivity contribution in [2.45, 2.75) is 65.3 Å². The molecule has 4 heteroatoms. The number of hydrogen-bond acceptors (Lipinski definition) is 3. The van der Waals surface area contributed by atoms with E-state index in [1.807, 2.05) is 6.92 Å². The van der Waals surface area contributed by atoms with E-state index in [2.05, 4.69) is 17.6 Å². The van der Waals surface area contributed by atoms with Crippen LogP contribution in [0.15, 0.2) is 0 Å². The monoisotopic (exact) mass is 256 g/mol. The number of ketones is 1. The molecule has 0 aliphatic heterocycles. The van der Waals surface area contributed by atoms with Crippen molar-refractivity contribution >= 4 is 11.7 Å². The van der Waals surface area contributed by atoms with Crippen LogP contribution in [0.3, 0.4) is 0 Å². The minimum atomic E-state index is -0.338. The van der Waals surface area contributed by atoms with Crippen LogP contribution in [0, 0.1) is 0 Å². The number of rotatable bonds is 11. The van der Waals surface area contributed by atoms with Crippen LogP contribution in [-0.4, -0.2) is 30.8 Å². The second-order valence-corrected chi connectivity index (χ2v) is 4.69. The SMILES string of the molecule is CCCCCCCNC(=O)C[C@H](NCC)C(C)=O. The van der Waals surface area contributed by atoms with E-state index in [0.717, 1.165) is 19.4 Å². The van der Waals surface area contributed by atoms with Gasteiger partial charge in [-0.1, -0.05) is 39.5 Å². The Balaban J connectivity index is 3.65. The van der Waals surface area contributed by atoms with Crippen molar-refractivity contribution in [3.05, 3.63) is 0 Å². The molecule has 4 nitrogen and oxygen atoms in total. The van der Waals surface area contributed by atoms with E-state index in [-0.39, 0.29) is 24.2 Å². The number of unbranched alkanes of at least 4 members (excludes halogenated alkanes) is 4. The molecule has 0 spiro atoms. The minimum Gasteiger partial charge on any atom is -0.356 e. The zero-order valence-corrected chi connectivity index (χ0v) is 12.1. The average Bonchev–Trinajstić information content (AvgIpc) is 2.33. The van der Waals surface area contributed by atoms with Crippen molar-refractivity contribution < 1.29 is 9.59 Å². The molecule has 0 saturated carbocycles. The van der Waals surface area contributed by atoms with Gasteiger partial charge >= 0.3 is 0 Å². The molecule has 0 radical (unpaired) electrons. The number of carbonyl (C=O) groups is 2. The highest BCUT2D eigenvalue weighted by Gasteiger charge is 2.16. The fourth-order valence-corrected chi connectivity index (χ4v) is 1.82. The molecule has 1 atom stereocenters. The number of Topliss-reactive ketones (excluding diaryl/α,β-unsaturated/α-hetero) is 1. The molecule has 0 aromatic heterocycles. The molecule has 0 heterocycles. The molecule has 0 rings (SSSR count). The normalized spacial score (nSPS) is 12.2. The van der Waals surface area contributed by atoms with Crippen molar-refractivity contribution in [1.82, 2.24) is 10.6 Å². The van der Waals surface area contributed by atoms with Crippen LogP contribution in [0.25, 0.3) is 0 Å². The maximum absolute atomic E-state index is 11.6. The summed E-state index contributed by atoms with van der Waals surface area (Å²) in [4.78, 5) is 22.9. The third kappa shape index (κ3) is 9.16. The summed E-state index contributed by atoms with van der Waals surface area (Å²) in [5.74, 6) is -0.0124. The van der Waals surface area contributed by atoms with E-state index in [1.54, 1.807) is 0 Å². The summed E-state index contributed by atoms with van der Waals surface area (Å²) in [7, 11) is 0. The van der Waals surface area contributed by atoms with Gasteiger partial charge in [-0.05, 0) is 19.9 Å². The van der Waals surface area contributed by atoms with Gasteiger partial charge in [0.1, 0.15) is 5.78 Å².